The molecule has 0 aliphatic carbocycles. The van der Waals surface area contributed by atoms with Crippen LogP contribution in [0.5, 0.6) is 0 Å². The Morgan fingerprint density at radius 1 is 0.920 bits per heavy atom. The second-order valence-electron chi connectivity index (χ2n) is 6.07. The number of rotatable bonds is 1. The van der Waals surface area contributed by atoms with Crippen molar-refractivity contribution < 1.29 is 4.42 Å². The third-order valence-corrected chi connectivity index (χ3v) is 4.44. The number of hydrogen-bond donors (Lipinski definition) is 0. The molecule has 5 heteroatoms. The van der Waals surface area contributed by atoms with Crippen molar-refractivity contribution in [3.63, 3.8) is 0 Å². The lowest BCUT2D eigenvalue weighted by Crippen LogP contribution is -2.01. The summed E-state index contributed by atoms with van der Waals surface area (Å²) in [6, 6.07) is 19.2. The SMILES string of the molecule is Cc1cc(=O)oc2cc(-n3nc4ccc5ccccc5c4n3)ccc12. The van der Waals surface area contributed by atoms with Gasteiger partial charge in [-0.1, -0.05) is 30.3 Å². The molecule has 0 radical (unpaired) electrons. The van der Waals surface area contributed by atoms with E-state index in [1.807, 2.05) is 49.4 Å². The van der Waals surface area contributed by atoms with Gasteiger partial charge >= 0.3 is 5.63 Å². The van der Waals surface area contributed by atoms with Crippen molar-refractivity contribution in [2.24, 2.45) is 0 Å². The molecule has 2 heterocycles. The van der Waals surface area contributed by atoms with Gasteiger partial charge in [0, 0.05) is 22.9 Å². The molecule has 0 amide bonds. The fourth-order valence-electron chi connectivity index (χ4n) is 3.20. The minimum atomic E-state index is -0.355. The summed E-state index contributed by atoms with van der Waals surface area (Å²) in [5.41, 5.74) is 3.50. The summed E-state index contributed by atoms with van der Waals surface area (Å²) in [4.78, 5) is 13.2. The predicted octanol–water partition coefficient (Wildman–Crippen LogP) is 3.99. The molecule has 0 fully saturated rings. The highest BCUT2D eigenvalue weighted by molar-refractivity contribution is 6.03. The summed E-state index contributed by atoms with van der Waals surface area (Å²) in [7, 11) is 0. The van der Waals surface area contributed by atoms with Gasteiger partial charge in [0.25, 0.3) is 0 Å². The fraction of sp³-hybridized carbons (Fsp3) is 0.0500. The molecule has 2 aromatic heterocycles. The maximum atomic E-state index is 11.6. The van der Waals surface area contributed by atoms with Gasteiger partial charge < -0.3 is 4.42 Å². The molecule has 0 spiro atoms. The third-order valence-electron chi connectivity index (χ3n) is 4.44. The zero-order chi connectivity index (χ0) is 17.0. The Balaban J connectivity index is 1.76. The third kappa shape index (κ3) is 2.13. The normalized spacial score (nSPS) is 11.6. The largest absolute Gasteiger partial charge is 0.423 e. The first-order valence-corrected chi connectivity index (χ1v) is 7.99. The molecule has 5 nitrogen and oxygen atoms in total. The van der Waals surface area contributed by atoms with Crippen molar-refractivity contribution in [2.45, 2.75) is 6.92 Å². The van der Waals surface area contributed by atoms with E-state index in [1.54, 1.807) is 10.9 Å². The molecule has 0 saturated carbocycles. The lowest BCUT2D eigenvalue weighted by molar-refractivity contribution is 0.559. The van der Waals surface area contributed by atoms with Crippen LogP contribution in [0.25, 0.3) is 38.5 Å². The van der Waals surface area contributed by atoms with E-state index in [2.05, 4.69) is 16.3 Å². The summed E-state index contributed by atoms with van der Waals surface area (Å²) >= 11 is 0. The fourth-order valence-corrected chi connectivity index (χ4v) is 3.20. The summed E-state index contributed by atoms with van der Waals surface area (Å²) < 4.78 is 5.32. The molecule has 0 atom stereocenters. The van der Waals surface area contributed by atoms with Crippen molar-refractivity contribution in [1.82, 2.24) is 15.0 Å². The molecule has 120 valence electrons. The van der Waals surface area contributed by atoms with E-state index in [0.29, 0.717) is 5.58 Å². The molecular formula is C20H13N3O2. The molecule has 5 aromatic rings. The number of hydrogen-bond acceptors (Lipinski definition) is 4. The zero-order valence-electron chi connectivity index (χ0n) is 13.4. The number of fused-ring (bicyclic) bond motifs is 4. The molecule has 0 N–H and O–H groups in total. The summed E-state index contributed by atoms with van der Waals surface area (Å²) in [5.74, 6) is 0. The van der Waals surface area contributed by atoms with Crippen LogP contribution in [0.1, 0.15) is 5.56 Å². The minimum absolute atomic E-state index is 0.355. The highest BCUT2D eigenvalue weighted by atomic mass is 16.4. The van der Waals surface area contributed by atoms with Gasteiger partial charge in [-0.25, -0.2) is 4.79 Å². The second kappa shape index (κ2) is 5.01. The van der Waals surface area contributed by atoms with Gasteiger partial charge in [-0.05, 0) is 36.1 Å². The standard InChI is InChI=1S/C20H13N3O2/c1-12-10-19(24)25-18-11-14(7-8-15(12)18)23-21-17-9-6-13-4-2-3-5-16(13)20(17)22-23/h2-11H,1H3. The van der Waals surface area contributed by atoms with Crippen LogP contribution in [0, 0.1) is 6.92 Å². The molecular weight excluding hydrogens is 314 g/mol. The predicted molar refractivity (Wildman–Crippen MR) is 97.2 cm³/mol. The molecule has 0 aliphatic rings. The molecule has 0 aliphatic heterocycles. The zero-order valence-corrected chi connectivity index (χ0v) is 13.4. The van der Waals surface area contributed by atoms with Crippen LogP contribution in [0.3, 0.4) is 0 Å². The van der Waals surface area contributed by atoms with E-state index in [9.17, 15) is 4.79 Å². The quantitative estimate of drug-likeness (QED) is 0.437. The number of aromatic nitrogens is 3. The molecule has 5 rings (SSSR count). The average Bonchev–Trinajstić information content (AvgIpc) is 3.06. The summed E-state index contributed by atoms with van der Waals surface area (Å²) in [6.07, 6.45) is 0. The van der Waals surface area contributed by atoms with Gasteiger partial charge in [-0.3, -0.25) is 0 Å². The van der Waals surface area contributed by atoms with Crippen LogP contribution in [0.4, 0.5) is 0 Å². The van der Waals surface area contributed by atoms with Crippen LogP contribution in [-0.4, -0.2) is 15.0 Å². The molecule has 0 saturated heterocycles. The van der Waals surface area contributed by atoms with E-state index in [1.165, 1.54) is 6.07 Å². The van der Waals surface area contributed by atoms with Gasteiger partial charge in [0.05, 0.1) is 5.69 Å². The number of nitrogens with zero attached hydrogens (tertiary/aromatic N) is 3. The van der Waals surface area contributed by atoms with Gasteiger partial charge in [-0.2, -0.15) is 4.80 Å². The molecule has 0 bridgehead atoms. The highest BCUT2D eigenvalue weighted by Crippen LogP contribution is 2.24. The topological polar surface area (TPSA) is 60.9 Å². The number of aryl methyl sites for hydroxylation is 1. The van der Waals surface area contributed by atoms with E-state index >= 15 is 0 Å². The van der Waals surface area contributed by atoms with Crippen molar-refractivity contribution >= 4 is 32.8 Å². The van der Waals surface area contributed by atoms with E-state index in [-0.39, 0.29) is 5.63 Å². The van der Waals surface area contributed by atoms with Crippen LogP contribution >= 0.6 is 0 Å². The Labute approximate surface area is 142 Å². The molecule has 3 aromatic carbocycles. The Hall–Kier alpha value is -3.47. The lowest BCUT2D eigenvalue weighted by atomic mass is 10.1. The molecule has 25 heavy (non-hydrogen) atoms. The average molecular weight is 327 g/mol. The van der Waals surface area contributed by atoms with Crippen molar-refractivity contribution in [2.75, 3.05) is 0 Å². The summed E-state index contributed by atoms with van der Waals surface area (Å²) in [5, 5.41) is 12.3. The van der Waals surface area contributed by atoms with E-state index in [0.717, 1.165) is 38.4 Å². The van der Waals surface area contributed by atoms with Crippen molar-refractivity contribution in [3.05, 3.63) is 76.6 Å². The number of benzene rings is 3. The highest BCUT2D eigenvalue weighted by Gasteiger charge is 2.10. The van der Waals surface area contributed by atoms with Crippen LogP contribution < -0.4 is 5.63 Å². The first kappa shape index (κ1) is 13.9. The first-order valence-electron chi connectivity index (χ1n) is 7.99. The van der Waals surface area contributed by atoms with Crippen molar-refractivity contribution in [3.8, 4) is 5.69 Å². The van der Waals surface area contributed by atoms with Gasteiger partial charge in [-0.15, -0.1) is 10.2 Å². The Bertz CT molecular complexity index is 1330. The van der Waals surface area contributed by atoms with Crippen LogP contribution in [-0.2, 0) is 0 Å². The second-order valence-corrected chi connectivity index (χ2v) is 6.07. The maximum Gasteiger partial charge on any atom is 0.336 e. The van der Waals surface area contributed by atoms with Gasteiger partial charge in [0.15, 0.2) is 0 Å². The smallest absolute Gasteiger partial charge is 0.336 e. The van der Waals surface area contributed by atoms with E-state index in [4.69, 9.17) is 4.42 Å². The van der Waals surface area contributed by atoms with Crippen LogP contribution in [0.15, 0.2) is 69.9 Å². The monoisotopic (exact) mass is 327 g/mol. The molecule has 0 unspecified atom stereocenters. The Morgan fingerprint density at radius 3 is 2.72 bits per heavy atom. The van der Waals surface area contributed by atoms with Gasteiger partial charge in [0.2, 0.25) is 0 Å². The summed E-state index contributed by atoms with van der Waals surface area (Å²) in [6.45, 7) is 1.89. The maximum absolute atomic E-state index is 11.6. The first-order chi connectivity index (χ1) is 12.2. The van der Waals surface area contributed by atoms with E-state index < -0.39 is 0 Å². The van der Waals surface area contributed by atoms with Gasteiger partial charge in [0.1, 0.15) is 16.6 Å². The lowest BCUT2D eigenvalue weighted by Gasteiger charge is -2.03. The Morgan fingerprint density at radius 2 is 1.80 bits per heavy atom. The van der Waals surface area contributed by atoms with Crippen molar-refractivity contribution in [1.29, 1.82) is 0 Å². The Kier molecular flexibility index (Phi) is 2.79. The minimum Gasteiger partial charge on any atom is -0.423 e. The van der Waals surface area contributed by atoms with Crippen LogP contribution in [0.2, 0.25) is 0 Å².